The van der Waals surface area contributed by atoms with Crippen LogP contribution in [-0.2, 0) is 23.7 Å². The topological polar surface area (TPSA) is 135 Å². The maximum atomic E-state index is 12.0. The van der Waals surface area contributed by atoms with Crippen molar-refractivity contribution in [2.45, 2.75) is 117 Å². The highest BCUT2D eigenvalue weighted by Crippen LogP contribution is 2.44. The first kappa shape index (κ1) is 30.4. The molecule has 9 nitrogen and oxygen atoms in total. The Morgan fingerprint density at radius 2 is 1.73 bits per heavy atom. The first-order chi connectivity index (χ1) is 17.1. The maximum Gasteiger partial charge on any atom is 0.187 e. The third-order valence-electron chi connectivity index (χ3n) is 8.88. The van der Waals surface area contributed by atoms with E-state index >= 15 is 0 Å². The molecule has 4 N–H and O–H groups in total. The third-order valence-corrected chi connectivity index (χ3v) is 8.88. The first-order valence-electron chi connectivity index (χ1n) is 13.3. The number of carbonyl (C=O) groups excluding carboxylic acids is 1. The van der Waals surface area contributed by atoms with Gasteiger partial charge in [-0.3, -0.25) is 4.79 Å². The minimum absolute atomic E-state index is 0.0179. The number of ether oxygens (including phenoxy) is 4. The molecule has 3 rings (SSSR count). The molecule has 0 saturated carbocycles. The average molecular weight is 527 g/mol. The second kappa shape index (κ2) is 11.5. The van der Waals surface area contributed by atoms with E-state index in [1.165, 1.54) is 6.08 Å². The van der Waals surface area contributed by atoms with E-state index < -0.39 is 60.7 Å². The molecule has 212 valence electrons. The van der Waals surface area contributed by atoms with Gasteiger partial charge in [-0.25, -0.2) is 0 Å². The molecule has 9 heteroatoms. The number of rotatable bonds is 7. The fraction of sp³-hybridized carbons (Fsp3) is 0.821. The van der Waals surface area contributed by atoms with Gasteiger partial charge in [0.25, 0.3) is 0 Å². The van der Waals surface area contributed by atoms with Crippen molar-refractivity contribution in [3.05, 3.63) is 23.8 Å². The van der Waals surface area contributed by atoms with Crippen LogP contribution in [-0.4, -0.2) is 87.6 Å². The fourth-order valence-electron chi connectivity index (χ4n) is 5.63. The van der Waals surface area contributed by atoms with Crippen LogP contribution in [0.2, 0.25) is 0 Å². The van der Waals surface area contributed by atoms with Gasteiger partial charge in [-0.05, 0) is 50.3 Å². The van der Waals surface area contributed by atoms with E-state index in [1.54, 1.807) is 26.0 Å². The predicted octanol–water partition coefficient (Wildman–Crippen LogP) is 2.10. The number of aliphatic hydroxyl groups excluding tert-OH is 3. The summed E-state index contributed by atoms with van der Waals surface area (Å²) < 4.78 is 24.2. The van der Waals surface area contributed by atoms with Crippen LogP contribution < -0.4 is 0 Å². The van der Waals surface area contributed by atoms with E-state index in [1.807, 2.05) is 27.7 Å². The summed E-state index contributed by atoms with van der Waals surface area (Å²) in [6.07, 6.45) is -2.36. The van der Waals surface area contributed by atoms with E-state index in [2.05, 4.69) is 13.8 Å². The Morgan fingerprint density at radius 1 is 1.08 bits per heavy atom. The summed E-state index contributed by atoms with van der Waals surface area (Å²) in [7, 11) is 0. The van der Waals surface area contributed by atoms with Gasteiger partial charge in [-0.15, -0.1) is 0 Å². The van der Waals surface area contributed by atoms with Crippen molar-refractivity contribution >= 4 is 5.78 Å². The second-order valence-electron chi connectivity index (χ2n) is 11.9. The lowest BCUT2D eigenvalue weighted by atomic mass is 9.64. The zero-order chi connectivity index (χ0) is 27.9. The van der Waals surface area contributed by atoms with Crippen LogP contribution in [0.25, 0.3) is 0 Å². The Morgan fingerprint density at radius 3 is 2.32 bits per heavy atom. The molecule has 1 aliphatic carbocycles. The van der Waals surface area contributed by atoms with E-state index in [-0.39, 0.29) is 24.2 Å². The SMILES string of the molecule is CC1=CC(=O)CC(C)(C)[C@@]1(O)C=C[C@@H](C)O[C@@H]1O[C@H](CO)[C@@H](O)[C@H](O)[C@H]1O[C@@H]1O[C@@H](C)[C@H](C)[C@@H](C)[C@H]1C. The van der Waals surface area contributed by atoms with Crippen LogP contribution in [0.1, 0.15) is 61.8 Å². The highest BCUT2D eigenvalue weighted by Gasteiger charge is 2.50. The van der Waals surface area contributed by atoms with E-state index in [0.29, 0.717) is 17.4 Å². The molecule has 0 amide bonds. The first-order valence-corrected chi connectivity index (χ1v) is 13.3. The molecule has 0 aromatic rings. The van der Waals surface area contributed by atoms with Gasteiger partial charge in [0.15, 0.2) is 18.4 Å². The molecule has 2 aliphatic heterocycles. The summed E-state index contributed by atoms with van der Waals surface area (Å²) in [6, 6.07) is 0. The number of allylic oxidation sites excluding steroid dienone is 1. The summed E-state index contributed by atoms with van der Waals surface area (Å²) in [5.74, 6) is 0.616. The van der Waals surface area contributed by atoms with Crippen molar-refractivity contribution in [2.75, 3.05) is 6.61 Å². The van der Waals surface area contributed by atoms with Crippen LogP contribution in [0.3, 0.4) is 0 Å². The molecule has 12 atom stereocenters. The van der Waals surface area contributed by atoms with E-state index in [4.69, 9.17) is 18.9 Å². The minimum atomic E-state index is -1.38. The standard InChI is InChI=1S/C28H46O9/c1-14-11-20(30)12-27(7,8)28(14,33)10-9-15(2)34-26-24(23(32)22(31)21(13-29)36-26)37-25-18(5)16(3)17(4)19(6)35-25/h9-11,15-19,21-26,29,31-33H,12-13H2,1-8H3/t15-,16-,17-,18-,19+,21-,22-,23+,24-,25+,26-,28-/m1/s1. The Kier molecular flexibility index (Phi) is 9.45. The summed E-state index contributed by atoms with van der Waals surface area (Å²) in [4.78, 5) is 12.0. The monoisotopic (exact) mass is 526 g/mol. The molecule has 0 aromatic heterocycles. The van der Waals surface area contributed by atoms with Crippen molar-refractivity contribution in [1.82, 2.24) is 0 Å². The molecule has 0 bridgehead atoms. The Bertz CT molecular complexity index is 870. The molecular formula is C28H46O9. The van der Waals surface area contributed by atoms with Gasteiger partial charge in [0.05, 0.1) is 18.8 Å². The zero-order valence-corrected chi connectivity index (χ0v) is 23.3. The van der Waals surface area contributed by atoms with Crippen LogP contribution in [0.15, 0.2) is 23.8 Å². The average Bonchev–Trinajstić information content (AvgIpc) is 2.82. The largest absolute Gasteiger partial charge is 0.394 e. The molecule has 2 saturated heterocycles. The molecular weight excluding hydrogens is 480 g/mol. The summed E-state index contributed by atoms with van der Waals surface area (Å²) in [5.41, 5.74) is -1.51. The highest BCUT2D eigenvalue weighted by molar-refractivity contribution is 5.92. The second-order valence-corrected chi connectivity index (χ2v) is 11.9. The molecule has 0 radical (unpaired) electrons. The minimum Gasteiger partial charge on any atom is -0.394 e. The highest BCUT2D eigenvalue weighted by atomic mass is 16.7. The lowest BCUT2D eigenvalue weighted by molar-refractivity contribution is -0.355. The van der Waals surface area contributed by atoms with Gasteiger partial charge in [0, 0.05) is 17.8 Å². The van der Waals surface area contributed by atoms with E-state index in [0.717, 1.165) is 0 Å². The number of carbonyl (C=O) groups is 1. The number of hydrogen-bond donors (Lipinski definition) is 4. The number of ketones is 1. The molecule has 2 heterocycles. The molecule has 37 heavy (non-hydrogen) atoms. The molecule has 0 unspecified atom stereocenters. The van der Waals surface area contributed by atoms with Crippen LogP contribution in [0.5, 0.6) is 0 Å². The fourth-order valence-corrected chi connectivity index (χ4v) is 5.63. The van der Waals surface area contributed by atoms with Gasteiger partial charge < -0.3 is 39.4 Å². The van der Waals surface area contributed by atoms with Crippen molar-refractivity contribution in [1.29, 1.82) is 0 Å². The van der Waals surface area contributed by atoms with Gasteiger partial charge >= 0.3 is 0 Å². The predicted molar refractivity (Wildman–Crippen MR) is 136 cm³/mol. The molecule has 0 aromatic carbocycles. The van der Waals surface area contributed by atoms with Gasteiger partial charge in [-0.1, -0.05) is 40.7 Å². The van der Waals surface area contributed by atoms with Gasteiger partial charge in [0.2, 0.25) is 0 Å². The Labute approximate surface area is 220 Å². The Hall–Kier alpha value is -1.17. The maximum absolute atomic E-state index is 12.0. The van der Waals surface area contributed by atoms with Gasteiger partial charge in [0.1, 0.15) is 30.0 Å². The summed E-state index contributed by atoms with van der Waals surface area (Å²) in [5, 5.41) is 42.6. The van der Waals surface area contributed by atoms with Crippen LogP contribution in [0.4, 0.5) is 0 Å². The van der Waals surface area contributed by atoms with Crippen LogP contribution in [0, 0.1) is 23.2 Å². The lowest BCUT2D eigenvalue weighted by Gasteiger charge is -2.47. The molecule has 2 fully saturated rings. The van der Waals surface area contributed by atoms with Crippen molar-refractivity contribution in [3.8, 4) is 0 Å². The van der Waals surface area contributed by atoms with Crippen LogP contribution >= 0.6 is 0 Å². The summed E-state index contributed by atoms with van der Waals surface area (Å²) in [6.45, 7) is 14.9. The quantitative estimate of drug-likeness (QED) is 0.368. The normalized spacial score (nSPS) is 45.6. The molecule has 0 spiro atoms. The smallest absolute Gasteiger partial charge is 0.187 e. The van der Waals surface area contributed by atoms with Crippen molar-refractivity contribution < 1.29 is 44.2 Å². The van der Waals surface area contributed by atoms with Crippen molar-refractivity contribution in [3.63, 3.8) is 0 Å². The summed E-state index contributed by atoms with van der Waals surface area (Å²) >= 11 is 0. The number of hydrogen-bond acceptors (Lipinski definition) is 9. The van der Waals surface area contributed by atoms with Gasteiger partial charge in [-0.2, -0.15) is 0 Å². The van der Waals surface area contributed by atoms with E-state index in [9.17, 15) is 25.2 Å². The third kappa shape index (κ3) is 6.04. The zero-order valence-electron chi connectivity index (χ0n) is 23.3. The van der Waals surface area contributed by atoms with Crippen molar-refractivity contribution in [2.24, 2.45) is 23.2 Å². The number of aliphatic hydroxyl groups is 4. The Balaban J connectivity index is 1.80. The molecule has 3 aliphatic rings. The lowest BCUT2D eigenvalue weighted by Crippen LogP contribution is -2.62.